The van der Waals surface area contributed by atoms with Gasteiger partial charge in [0.1, 0.15) is 5.76 Å². The van der Waals surface area contributed by atoms with Crippen molar-refractivity contribution in [1.29, 1.82) is 0 Å². The predicted molar refractivity (Wildman–Crippen MR) is 125 cm³/mol. The van der Waals surface area contributed by atoms with Crippen LogP contribution in [0, 0.1) is 6.92 Å². The number of aliphatic hydroxyl groups excluding tert-OH is 1. The first kappa shape index (κ1) is 24.0. The Labute approximate surface area is 184 Å². The number of aryl methyl sites for hydroxylation is 1. The minimum absolute atomic E-state index is 0.0330. The monoisotopic (exact) mass is 429 g/mol. The normalized spacial score (nSPS) is 13.1. The Kier molecular flexibility index (Phi) is 9.41. The number of aliphatic hydroxyl groups is 1. The first-order chi connectivity index (χ1) is 14.4. The van der Waals surface area contributed by atoms with Crippen LogP contribution in [0.25, 0.3) is 16.7 Å². The molecule has 2 rings (SSSR count). The molecule has 2 aromatic carbocycles. The Hall–Kier alpha value is -2.30. The van der Waals surface area contributed by atoms with Crippen LogP contribution in [0.15, 0.2) is 48.2 Å². The van der Waals surface area contributed by atoms with Crippen molar-refractivity contribution in [1.82, 2.24) is 0 Å². The number of allylic oxidation sites excluding steroid dienone is 1. The van der Waals surface area contributed by atoms with Crippen LogP contribution < -0.4 is 5.73 Å². The molecule has 0 saturated heterocycles. The topological polar surface area (TPSA) is 72.5 Å². The van der Waals surface area contributed by atoms with E-state index in [4.69, 9.17) is 22.1 Å². The van der Waals surface area contributed by atoms with Crippen LogP contribution in [0.4, 0.5) is 0 Å². The zero-order valence-electron chi connectivity index (χ0n) is 18.1. The third-order valence-corrected chi connectivity index (χ3v) is 5.42. The van der Waals surface area contributed by atoms with E-state index in [0.717, 1.165) is 42.4 Å². The molecule has 3 N–H and O–H groups in total. The van der Waals surface area contributed by atoms with Gasteiger partial charge in [-0.15, -0.1) is 0 Å². The molecule has 4 nitrogen and oxygen atoms in total. The van der Waals surface area contributed by atoms with Gasteiger partial charge >= 0.3 is 0 Å². The molecule has 1 atom stereocenters. The van der Waals surface area contributed by atoms with Crippen molar-refractivity contribution in [2.75, 3.05) is 6.61 Å². The summed E-state index contributed by atoms with van der Waals surface area (Å²) in [6.45, 7) is 6.70. The van der Waals surface area contributed by atoms with Crippen LogP contribution in [-0.4, -0.2) is 23.7 Å². The summed E-state index contributed by atoms with van der Waals surface area (Å²) in [6, 6.07) is 13.3. The molecule has 1 amide bonds. The molecule has 0 bridgehead atoms. The Bertz CT molecular complexity index is 868. The SMILES string of the molecule is CCC[C@H](CCC/C(O)=C(\C(N)=O)c1cc(-c2ccc(Cl)cc2)ccc1C)OCC. The Morgan fingerprint density at radius 1 is 1.10 bits per heavy atom. The molecule has 0 fully saturated rings. The molecular formula is C25H32ClNO3. The zero-order chi connectivity index (χ0) is 22.1. The number of carbonyl (C=O) groups excluding carboxylic acids is 1. The van der Waals surface area contributed by atoms with Crippen molar-refractivity contribution in [2.24, 2.45) is 5.73 Å². The summed E-state index contributed by atoms with van der Waals surface area (Å²) in [5.41, 5.74) is 9.30. The van der Waals surface area contributed by atoms with Crippen LogP contribution >= 0.6 is 11.6 Å². The summed E-state index contributed by atoms with van der Waals surface area (Å²) in [5, 5.41) is 11.4. The summed E-state index contributed by atoms with van der Waals surface area (Å²) in [7, 11) is 0. The molecule has 0 aromatic heterocycles. The van der Waals surface area contributed by atoms with Gasteiger partial charge < -0.3 is 15.6 Å². The highest BCUT2D eigenvalue weighted by molar-refractivity contribution is 6.30. The fraction of sp³-hybridized carbons (Fsp3) is 0.400. The van der Waals surface area contributed by atoms with Crippen LogP contribution in [0.5, 0.6) is 0 Å². The number of hydrogen-bond acceptors (Lipinski definition) is 3. The molecule has 0 aliphatic rings. The maximum atomic E-state index is 12.3. The van der Waals surface area contributed by atoms with E-state index in [-0.39, 0.29) is 17.4 Å². The number of amides is 1. The van der Waals surface area contributed by atoms with E-state index in [1.165, 1.54) is 0 Å². The second-order valence-electron chi connectivity index (χ2n) is 7.48. The summed E-state index contributed by atoms with van der Waals surface area (Å²) in [6.07, 6.45) is 4.17. The molecule has 162 valence electrons. The van der Waals surface area contributed by atoms with E-state index in [0.29, 0.717) is 23.6 Å². The van der Waals surface area contributed by atoms with Crippen molar-refractivity contribution in [3.8, 4) is 11.1 Å². The quantitative estimate of drug-likeness (QED) is 0.318. The smallest absolute Gasteiger partial charge is 0.252 e. The van der Waals surface area contributed by atoms with Crippen molar-refractivity contribution < 1.29 is 14.6 Å². The number of carbonyl (C=O) groups is 1. The van der Waals surface area contributed by atoms with Crippen LogP contribution in [-0.2, 0) is 9.53 Å². The highest BCUT2D eigenvalue weighted by atomic mass is 35.5. The fourth-order valence-corrected chi connectivity index (χ4v) is 3.76. The van der Waals surface area contributed by atoms with Gasteiger partial charge in [0.2, 0.25) is 0 Å². The Balaban J connectivity index is 2.28. The number of benzene rings is 2. The number of hydrogen-bond donors (Lipinski definition) is 2. The highest BCUT2D eigenvalue weighted by Crippen LogP contribution is 2.30. The van der Waals surface area contributed by atoms with E-state index in [9.17, 15) is 9.90 Å². The lowest BCUT2D eigenvalue weighted by atomic mass is 9.93. The van der Waals surface area contributed by atoms with E-state index in [1.54, 1.807) is 0 Å². The Morgan fingerprint density at radius 3 is 2.37 bits per heavy atom. The number of primary amides is 1. The van der Waals surface area contributed by atoms with Crippen molar-refractivity contribution in [2.45, 2.75) is 59.0 Å². The van der Waals surface area contributed by atoms with Gasteiger partial charge in [-0.2, -0.15) is 0 Å². The van der Waals surface area contributed by atoms with Crippen LogP contribution in [0.1, 0.15) is 57.1 Å². The van der Waals surface area contributed by atoms with Gasteiger partial charge in [-0.1, -0.05) is 49.2 Å². The van der Waals surface area contributed by atoms with Gasteiger partial charge in [-0.3, -0.25) is 4.79 Å². The van der Waals surface area contributed by atoms with Gasteiger partial charge in [0, 0.05) is 18.1 Å². The molecule has 0 spiro atoms. The van der Waals surface area contributed by atoms with E-state index in [1.807, 2.05) is 56.3 Å². The van der Waals surface area contributed by atoms with Crippen molar-refractivity contribution in [3.05, 3.63) is 64.4 Å². The second-order valence-corrected chi connectivity index (χ2v) is 7.92. The number of ether oxygens (including phenoxy) is 1. The molecule has 0 saturated carbocycles. The highest BCUT2D eigenvalue weighted by Gasteiger charge is 2.18. The van der Waals surface area contributed by atoms with Crippen molar-refractivity contribution in [3.63, 3.8) is 0 Å². The molecule has 5 heteroatoms. The average molecular weight is 430 g/mol. The largest absolute Gasteiger partial charge is 0.511 e. The summed E-state index contributed by atoms with van der Waals surface area (Å²) in [4.78, 5) is 12.3. The molecule has 30 heavy (non-hydrogen) atoms. The predicted octanol–water partition coefficient (Wildman–Crippen LogP) is 6.45. The summed E-state index contributed by atoms with van der Waals surface area (Å²) >= 11 is 5.99. The van der Waals surface area contributed by atoms with Gasteiger partial charge in [-0.05, 0) is 73.6 Å². The first-order valence-electron chi connectivity index (χ1n) is 10.6. The van der Waals surface area contributed by atoms with E-state index in [2.05, 4.69) is 6.92 Å². The number of rotatable bonds is 11. The third kappa shape index (κ3) is 6.61. The second kappa shape index (κ2) is 11.8. The summed E-state index contributed by atoms with van der Waals surface area (Å²) in [5.74, 6) is -0.593. The minimum Gasteiger partial charge on any atom is -0.511 e. The summed E-state index contributed by atoms with van der Waals surface area (Å²) < 4.78 is 5.75. The third-order valence-electron chi connectivity index (χ3n) is 5.17. The van der Waals surface area contributed by atoms with E-state index < -0.39 is 5.91 Å². The maximum absolute atomic E-state index is 12.3. The van der Waals surface area contributed by atoms with Gasteiger partial charge in [-0.25, -0.2) is 0 Å². The van der Waals surface area contributed by atoms with Gasteiger partial charge in [0.25, 0.3) is 5.91 Å². The van der Waals surface area contributed by atoms with Crippen LogP contribution in [0.3, 0.4) is 0 Å². The first-order valence-corrected chi connectivity index (χ1v) is 11.0. The lowest BCUT2D eigenvalue weighted by Crippen LogP contribution is -2.16. The molecule has 0 unspecified atom stereocenters. The average Bonchev–Trinajstić information content (AvgIpc) is 2.70. The van der Waals surface area contributed by atoms with E-state index >= 15 is 0 Å². The molecule has 0 radical (unpaired) electrons. The molecule has 2 aromatic rings. The van der Waals surface area contributed by atoms with Gasteiger partial charge in [0.15, 0.2) is 0 Å². The molecular weight excluding hydrogens is 398 g/mol. The number of halogens is 1. The molecule has 0 aliphatic carbocycles. The molecule has 0 heterocycles. The fourth-order valence-electron chi connectivity index (χ4n) is 3.63. The number of nitrogens with two attached hydrogens (primary N) is 1. The standard InChI is InChI=1S/C25H32ClNO3/c1-4-7-21(30-5-2)8-6-9-23(28)24(25(27)29)22-16-19(11-10-17(22)3)18-12-14-20(26)15-13-18/h10-16,21,28H,4-9H2,1-3H3,(H2,27,29)/b24-23+/t21-/m1/s1. The lowest BCUT2D eigenvalue weighted by molar-refractivity contribution is -0.112. The Morgan fingerprint density at radius 2 is 1.77 bits per heavy atom. The van der Waals surface area contributed by atoms with Crippen molar-refractivity contribution >= 4 is 23.1 Å². The van der Waals surface area contributed by atoms with Crippen LogP contribution in [0.2, 0.25) is 5.02 Å². The zero-order valence-corrected chi connectivity index (χ0v) is 18.8. The van der Waals surface area contributed by atoms with Gasteiger partial charge in [0.05, 0.1) is 11.7 Å². The minimum atomic E-state index is -0.626. The maximum Gasteiger partial charge on any atom is 0.252 e. The molecule has 0 aliphatic heterocycles. The lowest BCUT2D eigenvalue weighted by Gasteiger charge is -2.17.